The van der Waals surface area contributed by atoms with Crippen LogP contribution in [0.1, 0.15) is 24.0 Å². The second kappa shape index (κ2) is 6.31. The minimum atomic E-state index is -3.49. The van der Waals surface area contributed by atoms with E-state index >= 15 is 0 Å². The quantitative estimate of drug-likeness (QED) is 0.516. The number of aryl methyl sites for hydroxylation is 2. The zero-order valence-corrected chi connectivity index (χ0v) is 13.6. The highest BCUT2D eigenvalue weighted by Crippen LogP contribution is 2.25. The largest absolute Gasteiger partial charge is 0.324 e. The lowest BCUT2D eigenvalue weighted by Crippen LogP contribution is -2.34. The molecule has 1 aliphatic rings. The van der Waals surface area contributed by atoms with Crippen LogP contribution in [-0.4, -0.2) is 39.5 Å². The van der Waals surface area contributed by atoms with E-state index in [4.69, 9.17) is 5.84 Å². The predicted molar refractivity (Wildman–Crippen MR) is 84.6 cm³/mol. The lowest BCUT2D eigenvalue weighted by molar-refractivity contribution is 0.329. The van der Waals surface area contributed by atoms with Crippen molar-refractivity contribution in [1.82, 2.24) is 9.62 Å². The molecule has 6 nitrogen and oxygen atoms in total. The molecule has 0 aliphatic heterocycles. The number of nitrogens with two attached hydrogens (primary N) is 1. The topological polar surface area (TPSA) is 87.5 Å². The minimum Gasteiger partial charge on any atom is -0.324 e. The molecule has 1 aromatic carbocycles. The number of anilines is 1. The Morgan fingerprint density at radius 2 is 1.86 bits per heavy atom. The first-order valence-corrected chi connectivity index (χ1v) is 8.61. The van der Waals surface area contributed by atoms with E-state index < -0.39 is 10.0 Å². The molecule has 0 spiro atoms. The van der Waals surface area contributed by atoms with Gasteiger partial charge >= 0.3 is 0 Å². The van der Waals surface area contributed by atoms with Crippen LogP contribution in [0, 0.1) is 13.8 Å². The summed E-state index contributed by atoms with van der Waals surface area (Å²) in [6.07, 6.45) is 2.43. The second-order valence-corrected chi connectivity index (χ2v) is 7.40. The average molecular weight is 312 g/mol. The Labute approximate surface area is 126 Å². The van der Waals surface area contributed by atoms with Crippen LogP contribution in [0.15, 0.2) is 17.0 Å². The molecule has 0 unspecified atom stereocenters. The molecule has 0 heterocycles. The average Bonchev–Trinajstić information content (AvgIpc) is 3.21. The molecular formula is C14H24N4O2S. The van der Waals surface area contributed by atoms with E-state index in [0.29, 0.717) is 34.3 Å². The first kappa shape index (κ1) is 16.2. The number of hydrazine groups is 1. The predicted octanol–water partition coefficient (Wildman–Crippen LogP) is 0.962. The number of rotatable bonds is 7. The van der Waals surface area contributed by atoms with Crippen LogP contribution in [0.25, 0.3) is 0 Å². The molecule has 0 bridgehead atoms. The monoisotopic (exact) mass is 312 g/mol. The minimum absolute atomic E-state index is 0.343. The lowest BCUT2D eigenvalue weighted by Gasteiger charge is -2.17. The molecule has 2 rings (SSSR count). The van der Waals surface area contributed by atoms with Gasteiger partial charge in [-0.1, -0.05) is 0 Å². The molecule has 1 aromatic rings. The summed E-state index contributed by atoms with van der Waals surface area (Å²) in [6, 6.07) is 4.10. The van der Waals surface area contributed by atoms with Crippen molar-refractivity contribution in [3.8, 4) is 0 Å². The highest BCUT2D eigenvalue weighted by Gasteiger charge is 2.26. The van der Waals surface area contributed by atoms with Gasteiger partial charge in [0.1, 0.15) is 0 Å². The normalized spacial score (nSPS) is 15.5. The molecular weight excluding hydrogens is 288 g/mol. The van der Waals surface area contributed by atoms with E-state index in [-0.39, 0.29) is 0 Å². The Morgan fingerprint density at radius 3 is 2.33 bits per heavy atom. The van der Waals surface area contributed by atoms with E-state index in [9.17, 15) is 8.42 Å². The van der Waals surface area contributed by atoms with E-state index in [1.54, 1.807) is 26.0 Å². The molecule has 21 heavy (non-hydrogen) atoms. The fourth-order valence-corrected chi connectivity index (χ4v) is 4.05. The van der Waals surface area contributed by atoms with Crippen molar-refractivity contribution < 1.29 is 8.42 Å². The Kier molecular flexibility index (Phi) is 4.88. The third kappa shape index (κ3) is 3.94. The summed E-state index contributed by atoms with van der Waals surface area (Å²) in [4.78, 5) is 2.54. The summed E-state index contributed by atoms with van der Waals surface area (Å²) < 4.78 is 27.6. The van der Waals surface area contributed by atoms with Gasteiger partial charge in [0, 0.05) is 24.8 Å². The summed E-state index contributed by atoms with van der Waals surface area (Å²) >= 11 is 0. The van der Waals surface area contributed by atoms with E-state index in [0.717, 1.165) is 6.54 Å². The molecule has 0 radical (unpaired) electrons. The third-order valence-corrected chi connectivity index (χ3v) is 5.59. The van der Waals surface area contributed by atoms with Crippen molar-refractivity contribution in [3.05, 3.63) is 23.3 Å². The van der Waals surface area contributed by atoms with Gasteiger partial charge in [0.05, 0.1) is 4.90 Å². The fourth-order valence-electron chi connectivity index (χ4n) is 2.58. The molecule has 0 amide bonds. The van der Waals surface area contributed by atoms with Crippen LogP contribution >= 0.6 is 0 Å². The molecule has 1 saturated carbocycles. The van der Waals surface area contributed by atoms with Crippen LogP contribution in [-0.2, 0) is 10.0 Å². The maximum atomic E-state index is 12.5. The van der Waals surface area contributed by atoms with Gasteiger partial charge in [-0.25, -0.2) is 13.1 Å². The Hall–Kier alpha value is -1.15. The molecule has 1 aliphatic carbocycles. The number of nitrogen functional groups attached to an aromatic ring is 1. The number of benzene rings is 1. The Bertz CT molecular complexity index is 588. The van der Waals surface area contributed by atoms with Gasteiger partial charge in [0.25, 0.3) is 0 Å². The van der Waals surface area contributed by atoms with Gasteiger partial charge in [-0.2, -0.15) is 0 Å². The van der Waals surface area contributed by atoms with Crippen LogP contribution in [0.5, 0.6) is 0 Å². The van der Waals surface area contributed by atoms with Gasteiger partial charge in [0.2, 0.25) is 10.0 Å². The summed E-state index contributed by atoms with van der Waals surface area (Å²) in [5.74, 6) is 5.37. The maximum absolute atomic E-state index is 12.5. The zero-order chi connectivity index (χ0) is 15.6. The number of hydrogen-bond donors (Lipinski definition) is 3. The van der Waals surface area contributed by atoms with Gasteiger partial charge < -0.3 is 10.3 Å². The number of nitrogens with zero attached hydrogens (tertiary/aromatic N) is 1. The lowest BCUT2D eigenvalue weighted by atomic mass is 10.1. The van der Waals surface area contributed by atoms with E-state index in [2.05, 4.69) is 15.0 Å². The van der Waals surface area contributed by atoms with Gasteiger partial charge in [0.15, 0.2) is 0 Å². The SMILES string of the molecule is Cc1cc(NN)cc(C)c1S(=O)(=O)NCCN(C)C1CC1. The molecule has 0 saturated heterocycles. The maximum Gasteiger partial charge on any atom is 0.241 e. The molecule has 0 atom stereocenters. The van der Waals surface area contributed by atoms with Crippen molar-refractivity contribution in [3.63, 3.8) is 0 Å². The standard InChI is InChI=1S/C14H24N4O2S/c1-10-8-12(17-15)9-11(2)14(10)21(19,20)16-6-7-18(3)13-4-5-13/h8-9,13,16-17H,4-7,15H2,1-3H3. The number of hydrogen-bond acceptors (Lipinski definition) is 5. The van der Waals surface area contributed by atoms with Gasteiger partial charge in [-0.3, -0.25) is 5.84 Å². The van der Waals surface area contributed by atoms with Gasteiger partial charge in [-0.05, 0) is 57.0 Å². The third-order valence-electron chi connectivity index (χ3n) is 3.82. The zero-order valence-electron chi connectivity index (χ0n) is 12.8. The van der Waals surface area contributed by atoms with Crippen molar-refractivity contribution in [2.24, 2.45) is 5.84 Å². The summed E-state index contributed by atoms with van der Waals surface area (Å²) in [5.41, 5.74) is 4.62. The van der Waals surface area contributed by atoms with Crippen molar-refractivity contribution in [2.45, 2.75) is 37.6 Å². The molecule has 0 aromatic heterocycles. The van der Waals surface area contributed by atoms with Gasteiger partial charge in [-0.15, -0.1) is 0 Å². The number of likely N-dealkylation sites (N-methyl/N-ethyl adjacent to an activating group) is 1. The van der Waals surface area contributed by atoms with Crippen LogP contribution in [0.4, 0.5) is 5.69 Å². The van der Waals surface area contributed by atoms with Crippen LogP contribution in [0.3, 0.4) is 0 Å². The second-order valence-electron chi connectivity index (χ2n) is 5.69. The first-order valence-electron chi connectivity index (χ1n) is 7.13. The highest BCUT2D eigenvalue weighted by molar-refractivity contribution is 7.89. The van der Waals surface area contributed by atoms with E-state index in [1.165, 1.54) is 12.8 Å². The van der Waals surface area contributed by atoms with Crippen LogP contribution in [0.2, 0.25) is 0 Å². The molecule has 4 N–H and O–H groups in total. The summed E-state index contributed by atoms with van der Waals surface area (Å²) in [7, 11) is -1.46. The molecule has 118 valence electrons. The Morgan fingerprint density at radius 1 is 1.29 bits per heavy atom. The summed E-state index contributed by atoms with van der Waals surface area (Å²) in [6.45, 7) is 4.70. The van der Waals surface area contributed by atoms with Crippen molar-refractivity contribution in [1.29, 1.82) is 0 Å². The number of sulfonamides is 1. The van der Waals surface area contributed by atoms with E-state index in [1.807, 2.05) is 7.05 Å². The number of nitrogens with one attached hydrogen (secondary N) is 2. The Balaban J connectivity index is 2.08. The smallest absolute Gasteiger partial charge is 0.241 e. The summed E-state index contributed by atoms with van der Waals surface area (Å²) in [5, 5.41) is 0. The highest BCUT2D eigenvalue weighted by atomic mass is 32.2. The first-order chi connectivity index (χ1) is 9.85. The molecule has 7 heteroatoms. The van der Waals surface area contributed by atoms with Crippen molar-refractivity contribution >= 4 is 15.7 Å². The molecule has 1 fully saturated rings. The van der Waals surface area contributed by atoms with Crippen LogP contribution < -0.4 is 16.0 Å². The fraction of sp³-hybridized carbons (Fsp3) is 0.571. The van der Waals surface area contributed by atoms with Crippen molar-refractivity contribution in [2.75, 3.05) is 25.6 Å².